The van der Waals surface area contributed by atoms with Gasteiger partial charge in [-0.25, -0.2) is 0 Å². The molecule has 0 amide bonds. The van der Waals surface area contributed by atoms with Gasteiger partial charge in [-0.05, 0) is 18.8 Å². The third-order valence-corrected chi connectivity index (χ3v) is 3.63. The van der Waals surface area contributed by atoms with Crippen molar-refractivity contribution in [3.8, 4) is 5.88 Å². The highest BCUT2D eigenvalue weighted by Crippen LogP contribution is 2.24. The number of nitrogens with one attached hydrogen (secondary N) is 1. The summed E-state index contributed by atoms with van der Waals surface area (Å²) in [6, 6.07) is 0. The van der Waals surface area contributed by atoms with E-state index < -0.39 is 6.10 Å². The third-order valence-electron chi connectivity index (χ3n) is 3.17. The van der Waals surface area contributed by atoms with Gasteiger partial charge in [0.15, 0.2) is 0 Å². The Bertz CT molecular complexity index is 336. The molecule has 1 aromatic rings. The van der Waals surface area contributed by atoms with E-state index in [1.807, 2.05) is 0 Å². The van der Waals surface area contributed by atoms with Crippen LogP contribution in [0.2, 0.25) is 0 Å². The number of hydrogen-bond donors (Lipinski definition) is 3. The van der Waals surface area contributed by atoms with Crippen LogP contribution in [-0.4, -0.2) is 50.9 Å². The summed E-state index contributed by atoms with van der Waals surface area (Å²) in [6.45, 7) is 1.41. The average molecular weight is 273 g/mol. The monoisotopic (exact) mass is 273 g/mol. The van der Waals surface area contributed by atoms with Gasteiger partial charge in [0.25, 0.3) is 0 Å². The molecule has 1 aliphatic rings. The standard InChI is InChI=1S/C11H19N3O3S/c15-9(7-17-11-6-13-18-14-11)5-12-4-8-2-1-3-10(8)16/h6,8-10,12,15-16H,1-5,7H2. The fourth-order valence-electron chi connectivity index (χ4n) is 2.15. The largest absolute Gasteiger partial charge is 0.473 e. The Labute approximate surface area is 110 Å². The first-order valence-corrected chi connectivity index (χ1v) is 6.96. The minimum Gasteiger partial charge on any atom is -0.473 e. The summed E-state index contributed by atoms with van der Waals surface area (Å²) in [5.74, 6) is 0.770. The number of aromatic nitrogens is 2. The summed E-state index contributed by atoms with van der Waals surface area (Å²) in [7, 11) is 0. The first-order valence-electron chi connectivity index (χ1n) is 6.23. The molecule has 0 spiro atoms. The predicted octanol–water partition coefficient (Wildman–Crippen LogP) is 0.0284. The van der Waals surface area contributed by atoms with Crippen LogP contribution in [0.15, 0.2) is 6.20 Å². The molecule has 1 saturated carbocycles. The lowest BCUT2D eigenvalue weighted by Crippen LogP contribution is -2.36. The number of aliphatic hydroxyl groups excluding tert-OH is 2. The molecular weight excluding hydrogens is 254 g/mol. The molecule has 3 N–H and O–H groups in total. The molecule has 18 heavy (non-hydrogen) atoms. The van der Waals surface area contributed by atoms with Crippen molar-refractivity contribution in [2.75, 3.05) is 19.7 Å². The molecule has 0 radical (unpaired) electrons. The third kappa shape index (κ3) is 4.16. The molecule has 0 saturated heterocycles. The Kier molecular flexibility index (Phi) is 5.30. The molecule has 0 aliphatic heterocycles. The van der Waals surface area contributed by atoms with E-state index in [1.165, 1.54) is 6.20 Å². The van der Waals surface area contributed by atoms with Crippen LogP contribution in [0.1, 0.15) is 19.3 Å². The summed E-state index contributed by atoms with van der Waals surface area (Å²) in [5.41, 5.74) is 0. The molecular formula is C11H19N3O3S. The van der Waals surface area contributed by atoms with Crippen LogP contribution in [0.5, 0.6) is 5.88 Å². The molecule has 7 heteroatoms. The Morgan fingerprint density at radius 2 is 2.44 bits per heavy atom. The van der Waals surface area contributed by atoms with Crippen LogP contribution in [0, 0.1) is 5.92 Å². The zero-order valence-corrected chi connectivity index (χ0v) is 11.0. The summed E-state index contributed by atoms with van der Waals surface area (Å²) in [6.07, 6.45) is 3.81. The minimum absolute atomic E-state index is 0.188. The molecule has 0 aromatic carbocycles. The van der Waals surface area contributed by atoms with Gasteiger partial charge in [-0.1, -0.05) is 6.42 Å². The lowest BCUT2D eigenvalue weighted by molar-refractivity contribution is 0.0966. The minimum atomic E-state index is -0.578. The molecule has 2 rings (SSSR count). The van der Waals surface area contributed by atoms with Gasteiger partial charge in [0.05, 0.1) is 17.8 Å². The van der Waals surface area contributed by atoms with Gasteiger partial charge in [-0.2, -0.15) is 4.37 Å². The smallest absolute Gasteiger partial charge is 0.245 e. The Morgan fingerprint density at radius 3 is 3.11 bits per heavy atom. The fourth-order valence-corrected chi connectivity index (χ4v) is 2.52. The Morgan fingerprint density at radius 1 is 1.56 bits per heavy atom. The average Bonchev–Trinajstić information content (AvgIpc) is 2.99. The van der Waals surface area contributed by atoms with Crippen molar-refractivity contribution in [2.24, 2.45) is 5.92 Å². The molecule has 102 valence electrons. The van der Waals surface area contributed by atoms with Crippen molar-refractivity contribution in [2.45, 2.75) is 31.5 Å². The van der Waals surface area contributed by atoms with Crippen LogP contribution < -0.4 is 10.1 Å². The molecule has 1 aliphatic carbocycles. The van der Waals surface area contributed by atoms with Gasteiger partial charge < -0.3 is 20.3 Å². The van der Waals surface area contributed by atoms with Crippen LogP contribution in [0.3, 0.4) is 0 Å². The summed E-state index contributed by atoms with van der Waals surface area (Å²) in [5, 5.41) is 22.5. The summed E-state index contributed by atoms with van der Waals surface area (Å²) in [4.78, 5) is 0. The van der Waals surface area contributed by atoms with E-state index in [2.05, 4.69) is 14.1 Å². The molecule has 1 fully saturated rings. The second-order valence-corrected chi connectivity index (χ2v) is 5.18. The first-order chi connectivity index (χ1) is 8.75. The van der Waals surface area contributed by atoms with Gasteiger partial charge in [-0.15, -0.1) is 4.37 Å². The number of ether oxygens (including phenoxy) is 1. The van der Waals surface area contributed by atoms with E-state index in [4.69, 9.17) is 4.74 Å². The van der Waals surface area contributed by atoms with E-state index in [-0.39, 0.29) is 12.7 Å². The highest BCUT2D eigenvalue weighted by molar-refractivity contribution is 6.99. The Hall–Kier alpha value is -0.760. The number of rotatable bonds is 7. The molecule has 1 heterocycles. The van der Waals surface area contributed by atoms with Crippen molar-refractivity contribution in [1.29, 1.82) is 0 Å². The highest BCUT2D eigenvalue weighted by atomic mass is 32.1. The van der Waals surface area contributed by atoms with E-state index in [1.54, 1.807) is 0 Å². The van der Waals surface area contributed by atoms with E-state index in [0.717, 1.165) is 37.5 Å². The molecule has 0 bridgehead atoms. The van der Waals surface area contributed by atoms with Crippen molar-refractivity contribution >= 4 is 11.7 Å². The van der Waals surface area contributed by atoms with Crippen LogP contribution >= 0.6 is 11.7 Å². The van der Waals surface area contributed by atoms with Gasteiger partial charge in [0, 0.05) is 13.1 Å². The summed E-state index contributed by atoms with van der Waals surface area (Å²) >= 11 is 1.08. The van der Waals surface area contributed by atoms with Crippen molar-refractivity contribution in [3.05, 3.63) is 6.20 Å². The normalized spacial score (nSPS) is 25.2. The topological polar surface area (TPSA) is 87.5 Å². The van der Waals surface area contributed by atoms with E-state index >= 15 is 0 Å². The second-order valence-electron chi connectivity index (χ2n) is 4.63. The van der Waals surface area contributed by atoms with Gasteiger partial charge in [-0.3, -0.25) is 0 Å². The number of nitrogens with zero attached hydrogens (tertiary/aromatic N) is 2. The maximum atomic E-state index is 9.69. The first kappa shape index (κ1) is 13.7. The van der Waals surface area contributed by atoms with Gasteiger partial charge >= 0.3 is 0 Å². The highest BCUT2D eigenvalue weighted by Gasteiger charge is 2.24. The molecule has 3 atom stereocenters. The molecule has 1 aromatic heterocycles. The van der Waals surface area contributed by atoms with Gasteiger partial charge in [0.1, 0.15) is 18.9 Å². The predicted molar refractivity (Wildman–Crippen MR) is 67.6 cm³/mol. The zero-order chi connectivity index (χ0) is 12.8. The zero-order valence-electron chi connectivity index (χ0n) is 10.2. The van der Waals surface area contributed by atoms with Crippen LogP contribution in [0.4, 0.5) is 0 Å². The Balaban J connectivity index is 1.55. The quantitative estimate of drug-likeness (QED) is 0.649. The lowest BCUT2D eigenvalue weighted by atomic mass is 10.1. The fraction of sp³-hybridized carbons (Fsp3) is 0.818. The van der Waals surface area contributed by atoms with E-state index in [0.29, 0.717) is 18.3 Å². The lowest BCUT2D eigenvalue weighted by Gasteiger charge is -2.17. The van der Waals surface area contributed by atoms with Crippen molar-refractivity contribution in [1.82, 2.24) is 14.1 Å². The maximum Gasteiger partial charge on any atom is 0.245 e. The van der Waals surface area contributed by atoms with Crippen molar-refractivity contribution < 1.29 is 14.9 Å². The van der Waals surface area contributed by atoms with Crippen molar-refractivity contribution in [3.63, 3.8) is 0 Å². The SMILES string of the molecule is OC(CNCC1CCCC1O)COc1cnsn1. The number of aliphatic hydroxyl groups is 2. The van der Waals surface area contributed by atoms with Crippen LogP contribution in [-0.2, 0) is 0 Å². The van der Waals surface area contributed by atoms with Crippen LogP contribution in [0.25, 0.3) is 0 Å². The van der Waals surface area contributed by atoms with Gasteiger partial charge in [0.2, 0.25) is 5.88 Å². The second kappa shape index (κ2) is 6.98. The maximum absolute atomic E-state index is 9.69. The van der Waals surface area contributed by atoms with E-state index in [9.17, 15) is 10.2 Å². The summed E-state index contributed by atoms with van der Waals surface area (Å²) < 4.78 is 12.9. The number of hydrogen-bond acceptors (Lipinski definition) is 7. The molecule has 3 unspecified atom stereocenters. The molecule has 6 nitrogen and oxygen atoms in total.